The highest BCUT2D eigenvalue weighted by Crippen LogP contribution is 2.28. The third-order valence-electron chi connectivity index (χ3n) is 3.97. The summed E-state index contributed by atoms with van der Waals surface area (Å²) >= 11 is 8.07. The van der Waals surface area contributed by atoms with E-state index in [0.29, 0.717) is 28.2 Å². The van der Waals surface area contributed by atoms with Crippen molar-refractivity contribution in [2.45, 2.75) is 0 Å². The van der Waals surface area contributed by atoms with Gasteiger partial charge in [0.1, 0.15) is 10.5 Å². The van der Waals surface area contributed by atoms with Crippen LogP contribution < -0.4 is 0 Å². The van der Waals surface area contributed by atoms with Crippen LogP contribution in [0.3, 0.4) is 0 Å². The van der Waals surface area contributed by atoms with E-state index in [2.05, 4.69) is 32.6 Å². The molecular formula is C20H11ClIN3O3. The van der Waals surface area contributed by atoms with Gasteiger partial charge in [-0.2, -0.15) is 0 Å². The zero-order valence-electron chi connectivity index (χ0n) is 14.2. The van der Waals surface area contributed by atoms with Crippen LogP contribution in [0.25, 0.3) is 22.6 Å². The van der Waals surface area contributed by atoms with Crippen molar-refractivity contribution >= 4 is 62.9 Å². The van der Waals surface area contributed by atoms with Gasteiger partial charge in [0.15, 0.2) is 5.58 Å². The van der Waals surface area contributed by atoms with Crippen LogP contribution in [0.5, 0.6) is 0 Å². The molecule has 0 radical (unpaired) electrons. The summed E-state index contributed by atoms with van der Waals surface area (Å²) in [5.41, 5.74) is 3.34. The van der Waals surface area contributed by atoms with Gasteiger partial charge in [0, 0.05) is 21.4 Å². The number of aromatic nitrogens is 1. The van der Waals surface area contributed by atoms with Crippen LogP contribution in [0.1, 0.15) is 5.56 Å². The zero-order valence-corrected chi connectivity index (χ0v) is 17.1. The van der Waals surface area contributed by atoms with Gasteiger partial charge in [-0.1, -0.05) is 23.7 Å². The second kappa shape index (κ2) is 7.69. The van der Waals surface area contributed by atoms with Gasteiger partial charge in [-0.25, -0.2) is 4.98 Å². The monoisotopic (exact) mass is 503 g/mol. The summed E-state index contributed by atoms with van der Waals surface area (Å²) in [6.45, 7) is 0. The molecule has 0 aliphatic rings. The minimum absolute atomic E-state index is 0.0919. The highest BCUT2D eigenvalue weighted by molar-refractivity contribution is 14.1. The van der Waals surface area contributed by atoms with Crippen LogP contribution in [0, 0.1) is 13.7 Å². The van der Waals surface area contributed by atoms with E-state index < -0.39 is 4.92 Å². The molecule has 3 aromatic carbocycles. The number of rotatable bonds is 4. The van der Waals surface area contributed by atoms with Crippen molar-refractivity contribution in [1.82, 2.24) is 4.98 Å². The molecule has 0 spiro atoms. The van der Waals surface area contributed by atoms with Crippen molar-refractivity contribution in [2.75, 3.05) is 0 Å². The molecule has 0 N–H and O–H groups in total. The molecule has 0 fully saturated rings. The summed E-state index contributed by atoms with van der Waals surface area (Å²) < 4.78 is 6.92. The van der Waals surface area contributed by atoms with Gasteiger partial charge in [-0.15, -0.1) is 0 Å². The minimum Gasteiger partial charge on any atom is -0.436 e. The van der Waals surface area contributed by atoms with Crippen LogP contribution in [-0.4, -0.2) is 16.1 Å². The van der Waals surface area contributed by atoms with E-state index in [1.807, 2.05) is 24.3 Å². The van der Waals surface area contributed by atoms with Crippen LogP contribution in [0.2, 0.25) is 5.02 Å². The van der Waals surface area contributed by atoms with Crippen molar-refractivity contribution in [3.05, 3.63) is 84.9 Å². The van der Waals surface area contributed by atoms with Crippen LogP contribution >= 0.6 is 34.2 Å². The van der Waals surface area contributed by atoms with E-state index in [-0.39, 0.29) is 10.7 Å². The maximum absolute atomic E-state index is 11.0. The molecule has 28 heavy (non-hydrogen) atoms. The molecule has 0 atom stereocenters. The Labute approximate surface area is 178 Å². The number of nitrogens with zero attached hydrogens (tertiary/aromatic N) is 3. The van der Waals surface area contributed by atoms with E-state index in [1.165, 1.54) is 12.1 Å². The fourth-order valence-electron chi connectivity index (χ4n) is 2.64. The molecular weight excluding hydrogens is 493 g/mol. The second-order valence-corrected chi connectivity index (χ2v) is 7.56. The molecule has 4 rings (SSSR count). The number of nitro groups is 1. The number of fused-ring (bicyclic) bond motifs is 1. The molecule has 0 amide bonds. The number of aliphatic imine (C=N–C) groups is 1. The lowest BCUT2D eigenvalue weighted by Gasteiger charge is -1.97. The Hall–Kier alpha value is -2.78. The summed E-state index contributed by atoms with van der Waals surface area (Å²) in [5.74, 6) is 0.544. The zero-order chi connectivity index (χ0) is 19.7. The molecule has 0 saturated heterocycles. The quantitative estimate of drug-likeness (QED) is 0.139. The fourth-order valence-corrected chi connectivity index (χ4v) is 3.37. The first-order chi connectivity index (χ1) is 13.5. The first-order valence-corrected chi connectivity index (χ1v) is 9.60. The molecule has 0 unspecified atom stereocenters. The maximum atomic E-state index is 11.0. The predicted octanol–water partition coefficient (Wildman–Crippen LogP) is 6.41. The SMILES string of the molecule is O=[N+]([O-])c1cc(C=Nc2ccc3oc(-c4cccc(I)c4)nc3c2)ccc1Cl. The second-order valence-electron chi connectivity index (χ2n) is 5.91. The summed E-state index contributed by atoms with van der Waals surface area (Å²) in [6, 6.07) is 17.8. The van der Waals surface area contributed by atoms with Crippen molar-refractivity contribution in [3.63, 3.8) is 0 Å². The number of oxazole rings is 1. The van der Waals surface area contributed by atoms with Gasteiger partial charge in [-0.05, 0) is 70.6 Å². The lowest BCUT2D eigenvalue weighted by Crippen LogP contribution is -1.91. The summed E-state index contributed by atoms with van der Waals surface area (Å²) in [5, 5.41) is 11.1. The number of nitro benzene ring substituents is 1. The van der Waals surface area contributed by atoms with Gasteiger partial charge < -0.3 is 4.42 Å². The topological polar surface area (TPSA) is 81.5 Å². The average molecular weight is 504 g/mol. The van der Waals surface area contributed by atoms with Crippen LogP contribution in [0.15, 0.2) is 70.1 Å². The van der Waals surface area contributed by atoms with E-state index in [4.69, 9.17) is 16.0 Å². The molecule has 0 bridgehead atoms. The van der Waals surface area contributed by atoms with E-state index in [9.17, 15) is 10.1 Å². The molecule has 138 valence electrons. The first-order valence-electron chi connectivity index (χ1n) is 8.14. The smallest absolute Gasteiger partial charge is 0.288 e. The summed E-state index contributed by atoms with van der Waals surface area (Å²) in [6.07, 6.45) is 1.55. The highest BCUT2D eigenvalue weighted by atomic mass is 127. The lowest BCUT2D eigenvalue weighted by atomic mass is 10.2. The number of halogens is 2. The Morgan fingerprint density at radius 2 is 2.00 bits per heavy atom. The van der Waals surface area contributed by atoms with Crippen molar-refractivity contribution < 1.29 is 9.34 Å². The Morgan fingerprint density at radius 3 is 2.79 bits per heavy atom. The minimum atomic E-state index is -0.520. The average Bonchev–Trinajstić information content (AvgIpc) is 3.10. The molecule has 6 nitrogen and oxygen atoms in total. The van der Waals surface area contributed by atoms with Crippen LogP contribution in [-0.2, 0) is 0 Å². The Bertz CT molecular complexity index is 1240. The van der Waals surface area contributed by atoms with Gasteiger partial charge >= 0.3 is 0 Å². The van der Waals surface area contributed by atoms with Crippen molar-refractivity contribution in [3.8, 4) is 11.5 Å². The Morgan fingerprint density at radius 1 is 1.14 bits per heavy atom. The van der Waals surface area contributed by atoms with Crippen LogP contribution in [0.4, 0.5) is 11.4 Å². The standard InChI is InChI=1S/C20H11ClIN3O3/c21-16-6-4-12(8-18(16)25(26)27)11-23-15-5-7-19-17(10-15)24-20(28-19)13-2-1-3-14(22)9-13/h1-11H. The molecule has 0 aliphatic heterocycles. The van der Waals surface area contributed by atoms with Crippen molar-refractivity contribution in [2.24, 2.45) is 4.99 Å². The van der Waals surface area contributed by atoms with Gasteiger partial charge in [-0.3, -0.25) is 15.1 Å². The predicted molar refractivity (Wildman–Crippen MR) is 118 cm³/mol. The highest BCUT2D eigenvalue weighted by Gasteiger charge is 2.12. The number of hydrogen-bond acceptors (Lipinski definition) is 5. The normalized spacial score (nSPS) is 11.4. The Kier molecular flexibility index (Phi) is 5.10. The van der Waals surface area contributed by atoms with Gasteiger partial charge in [0.25, 0.3) is 5.69 Å². The molecule has 1 heterocycles. The molecule has 4 aromatic rings. The van der Waals surface area contributed by atoms with Gasteiger partial charge in [0.2, 0.25) is 5.89 Å². The molecule has 0 aliphatic carbocycles. The lowest BCUT2D eigenvalue weighted by molar-refractivity contribution is -0.384. The van der Waals surface area contributed by atoms with E-state index >= 15 is 0 Å². The summed E-state index contributed by atoms with van der Waals surface area (Å²) in [7, 11) is 0. The Balaban J connectivity index is 1.64. The maximum Gasteiger partial charge on any atom is 0.288 e. The van der Waals surface area contributed by atoms with E-state index in [0.717, 1.165) is 9.13 Å². The first kappa shape index (κ1) is 18.6. The largest absolute Gasteiger partial charge is 0.436 e. The molecule has 1 aromatic heterocycles. The van der Waals surface area contributed by atoms with Crippen molar-refractivity contribution in [1.29, 1.82) is 0 Å². The molecule has 0 saturated carbocycles. The third kappa shape index (κ3) is 3.90. The van der Waals surface area contributed by atoms with E-state index in [1.54, 1.807) is 30.5 Å². The molecule has 8 heteroatoms. The third-order valence-corrected chi connectivity index (χ3v) is 4.96. The number of benzene rings is 3. The summed E-state index contributed by atoms with van der Waals surface area (Å²) in [4.78, 5) is 19.4. The van der Waals surface area contributed by atoms with Gasteiger partial charge in [0.05, 0.1) is 10.6 Å². The number of hydrogen-bond donors (Lipinski definition) is 0. The fraction of sp³-hybridized carbons (Fsp3) is 0.